The summed E-state index contributed by atoms with van der Waals surface area (Å²) in [6, 6.07) is 5.46. The lowest BCUT2D eigenvalue weighted by atomic mass is 10.1. The van der Waals surface area contributed by atoms with Crippen LogP contribution >= 0.6 is 11.8 Å². The highest BCUT2D eigenvalue weighted by atomic mass is 32.2. The molecular weight excluding hydrogens is 274 g/mol. The van der Waals surface area contributed by atoms with Crippen LogP contribution in [0.4, 0.5) is 0 Å². The van der Waals surface area contributed by atoms with Crippen molar-refractivity contribution in [1.29, 1.82) is 0 Å². The second-order valence-electron chi connectivity index (χ2n) is 4.54. The van der Waals surface area contributed by atoms with Crippen molar-refractivity contribution in [2.24, 2.45) is 12.8 Å². The number of nitrogens with zero attached hydrogens (tertiary/aromatic N) is 2. The molecule has 106 valence electrons. The van der Waals surface area contributed by atoms with Gasteiger partial charge in [-0.3, -0.25) is 4.79 Å². The van der Waals surface area contributed by atoms with Crippen molar-refractivity contribution in [1.82, 2.24) is 9.55 Å². The highest BCUT2D eigenvalue weighted by Crippen LogP contribution is 2.24. The zero-order valence-corrected chi connectivity index (χ0v) is 12.3. The van der Waals surface area contributed by atoms with Crippen molar-refractivity contribution in [2.75, 3.05) is 0 Å². The van der Waals surface area contributed by atoms with Crippen LogP contribution in [0.2, 0.25) is 0 Å². The van der Waals surface area contributed by atoms with Crippen molar-refractivity contribution in [2.45, 2.75) is 24.4 Å². The molecule has 5 nitrogen and oxygen atoms in total. The predicted molar refractivity (Wildman–Crippen MR) is 78.4 cm³/mol. The molecule has 0 saturated heterocycles. The molecule has 0 fully saturated rings. The molecule has 2 aromatic rings. The number of aliphatic hydroxyl groups is 1. The minimum Gasteiger partial charge on any atom is -0.390 e. The average molecular weight is 291 g/mol. The van der Waals surface area contributed by atoms with E-state index in [-0.39, 0.29) is 6.61 Å². The van der Waals surface area contributed by atoms with E-state index in [2.05, 4.69) is 4.98 Å². The van der Waals surface area contributed by atoms with E-state index in [0.29, 0.717) is 5.56 Å². The molecule has 6 heteroatoms. The van der Waals surface area contributed by atoms with Crippen molar-refractivity contribution >= 4 is 17.7 Å². The van der Waals surface area contributed by atoms with Gasteiger partial charge < -0.3 is 15.4 Å². The number of carbonyl (C=O) groups is 1. The fourth-order valence-electron chi connectivity index (χ4n) is 1.86. The van der Waals surface area contributed by atoms with Crippen LogP contribution in [0.5, 0.6) is 0 Å². The van der Waals surface area contributed by atoms with Crippen LogP contribution in [0.15, 0.2) is 29.6 Å². The smallest absolute Gasteiger partial charge is 0.248 e. The molecule has 0 aliphatic carbocycles. The number of thioether (sulfide) groups is 1. The molecule has 0 spiro atoms. The van der Waals surface area contributed by atoms with E-state index in [1.54, 1.807) is 30.1 Å². The Hall–Kier alpha value is -1.79. The summed E-state index contributed by atoms with van der Waals surface area (Å²) >= 11 is 1.59. The molecule has 1 aromatic carbocycles. The molecule has 0 atom stereocenters. The van der Waals surface area contributed by atoms with E-state index in [1.165, 1.54) is 0 Å². The summed E-state index contributed by atoms with van der Waals surface area (Å²) in [4.78, 5) is 15.4. The lowest BCUT2D eigenvalue weighted by Crippen LogP contribution is -2.11. The van der Waals surface area contributed by atoms with E-state index in [4.69, 9.17) is 10.8 Å². The molecule has 0 unspecified atom stereocenters. The summed E-state index contributed by atoms with van der Waals surface area (Å²) < 4.78 is 1.87. The monoisotopic (exact) mass is 291 g/mol. The second kappa shape index (κ2) is 6.11. The molecule has 1 aromatic heterocycles. The number of hydrogen-bond donors (Lipinski definition) is 2. The molecule has 0 bridgehead atoms. The topological polar surface area (TPSA) is 81.1 Å². The summed E-state index contributed by atoms with van der Waals surface area (Å²) in [5.74, 6) is 0.338. The number of hydrogen-bond acceptors (Lipinski definition) is 4. The molecule has 0 radical (unpaired) electrons. The average Bonchev–Trinajstić information content (AvgIpc) is 2.77. The number of rotatable bonds is 5. The van der Waals surface area contributed by atoms with Gasteiger partial charge in [-0.1, -0.05) is 17.8 Å². The number of primary amides is 1. The van der Waals surface area contributed by atoms with Gasteiger partial charge in [-0.05, 0) is 30.2 Å². The van der Waals surface area contributed by atoms with Gasteiger partial charge in [0.25, 0.3) is 0 Å². The third-order valence-corrected chi connectivity index (χ3v) is 4.28. The lowest BCUT2D eigenvalue weighted by Gasteiger charge is -2.07. The number of carbonyl (C=O) groups excluding carboxylic acids is 1. The van der Waals surface area contributed by atoms with Gasteiger partial charge in [0.05, 0.1) is 18.5 Å². The first-order chi connectivity index (χ1) is 9.52. The Balaban J connectivity index is 2.11. The third-order valence-electron chi connectivity index (χ3n) is 3.19. The maximum absolute atomic E-state index is 11.1. The molecule has 1 amide bonds. The zero-order chi connectivity index (χ0) is 14.7. The maximum atomic E-state index is 11.1. The van der Waals surface area contributed by atoms with Crippen LogP contribution in [0.25, 0.3) is 0 Å². The number of nitrogens with two attached hydrogens (primary N) is 1. The summed E-state index contributed by atoms with van der Waals surface area (Å²) in [5.41, 5.74) is 8.73. The molecule has 20 heavy (non-hydrogen) atoms. The van der Waals surface area contributed by atoms with Crippen LogP contribution in [0.3, 0.4) is 0 Å². The number of amides is 1. The minimum atomic E-state index is -0.413. The van der Waals surface area contributed by atoms with E-state index >= 15 is 0 Å². The maximum Gasteiger partial charge on any atom is 0.248 e. The van der Waals surface area contributed by atoms with Crippen molar-refractivity contribution in [3.05, 3.63) is 46.8 Å². The molecule has 0 saturated carbocycles. The normalized spacial score (nSPS) is 10.8. The highest BCUT2D eigenvalue weighted by Gasteiger charge is 2.09. The quantitative estimate of drug-likeness (QED) is 0.820. The first-order valence-corrected chi connectivity index (χ1v) is 7.15. The van der Waals surface area contributed by atoms with Crippen molar-refractivity contribution in [3.8, 4) is 0 Å². The van der Waals surface area contributed by atoms with Gasteiger partial charge in [0.1, 0.15) is 0 Å². The van der Waals surface area contributed by atoms with Crippen LogP contribution in [0.1, 0.15) is 27.2 Å². The van der Waals surface area contributed by atoms with Gasteiger partial charge in [0.15, 0.2) is 5.16 Å². The third kappa shape index (κ3) is 3.02. The number of benzene rings is 1. The van der Waals surface area contributed by atoms with Crippen LogP contribution in [-0.4, -0.2) is 20.6 Å². The summed E-state index contributed by atoms with van der Waals surface area (Å²) in [7, 11) is 1.88. The number of aryl methyl sites for hydroxylation is 1. The number of aliphatic hydroxyl groups excluding tert-OH is 1. The molecule has 2 rings (SSSR count). The first-order valence-electron chi connectivity index (χ1n) is 6.16. The van der Waals surface area contributed by atoms with E-state index in [0.717, 1.165) is 27.7 Å². The van der Waals surface area contributed by atoms with Crippen molar-refractivity contribution < 1.29 is 9.90 Å². The van der Waals surface area contributed by atoms with Gasteiger partial charge >= 0.3 is 0 Å². The SMILES string of the molecule is Cc1cc(C(N)=O)ccc1CSc1ncc(CO)n1C. The second-order valence-corrected chi connectivity index (χ2v) is 5.49. The highest BCUT2D eigenvalue weighted by molar-refractivity contribution is 7.98. The first kappa shape index (κ1) is 14.6. The van der Waals surface area contributed by atoms with Crippen molar-refractivity contribution in [3.63, 3.8) is 0 Å². The minimum absolute atomic E-state index is 0.0175. The Bertz CT molecular complexity index is 637. The summed E-state index contributed by atoms with van der Waals surface area (Å²) in [6.45, 7) is 1.94. The Labute approximate surface area is 121 Å². The summed E-state index contributed by atoms with van der Waals surface area (Å²) in [5, 5.41) is 9.98. The van der Waals surface area contributed by atoms with E-state index in [1.807, 2.05) is 24.6 Å². The Morgan fingerprint density at radius 1 is 1.50 bits per heavy atom. The Kier molecular flexibility index (Phi) is 4.46. The molecule has 3 N–H and O–H groups in total. The van der Waals surface area contributed by atoms with Crippen LogP contribution in [0, 0.1) is 6.92 Å². The lowest BCUT2D eigenvalue weighted by molar-refractivity contribution is 0.1000. The van der Waals surface area contributed by atoms with Gasteiger partial charge in [0, 0.05) is 18.4 Å². The summed E-state index contributed by atoms with van der Waals surface area (Å²) in [6.07, 6.45) is 1.67. The Morgan fingerprint density at radius 3 is 2.80 bits per heavy atom. The standard InChI is InChI=1S/C14H17N3O2S/c1-9-5-10(13(15)19)3-4-11(9)8-20-14-16-6-12(7-18)17(14)2/h3-6,18H,7-8H2,1-2H3,(H2,15,19). The Morgan fingerprint density at radius 2 is 2.25 bits per heavy atom. The predicted octanol–water partition coefficient (Wildman–Crippen LogP) is 1.61. The van der Waals surface area contributed by atoms with Gasteiger partial charge in [-0.15, -0.1) is 0 Å². The van der Waals surface area contributed by atoms with Gasteiger partial charge in [-0.25, -0.2) is 4.98 Å². The van der Waals surface area contributed by atoms with Crippen LogP contribution in [-0.2, 0) is 19.4 Å². The molecule has 1 heterocycles. The zero-order valence-electron chi connectivity index (χ0n) is 11.5. The molecule has 0 aliphatic rings. The van der Waals surface area contributed by atoms with E-state index in [9.17, 15) is 4.79 Å². The van der Waals surface area contributed by atoms with Crippen LogP contribution < -0.4 is 5.73 Å². The van der Waals surface area contributed by atoms with Gasteiger partial charge in [0.2, 0.25) is 5.91 Å². The van der Waals surface area contributed by atoms with E-state index < -0.39 is 5.91 Å². The fourth-order valence-corrected chi connectivity index (χ4v) is 2.91. The largest absolute Gasteiger partial charge is 0.390 e. The number of aromatic nitrogens is 2. The number of imidazole rings is 1. The molecule has 0 aliphatic heterocycles. The van der Waals surface area contributed by atoms with Gasteiger partial charge in [-0.2, -0.15) is 0 Å². The fraction of sp³-hybridized carbons (Fsp3) is 0.286. The molecular formula is C14H17N3O2S.